The molecule has 0 aliphatic carbocycles. The van der Waals surface area contributed by atoms with Crippen LogP contribution in [0.4, 0.5) is 0 Å². The second kappa shape index (κ2) is 10.4. The molecule has 10 rings (SSSR count). The number of hydrogen-bond donors (Lipinski definition) is 0. The van der Waals surface area contributed by atoms with Gasteiger partial charge in [-0.2, -0.15) is 0 Å². The van der Waals surface area contributed by atoms with Gasteiger partial charge >= 0.3 is 0 Å². The van der Waals surface area contributed by atoms with Crippen LogP contribution >= 0.6 is 11.3 Å². The maximum atomic E-state index is 2.36. The quantitative estimate of drug-likeness (QED) is 0.174. The van der Waals surface area contributed by atoms with Gasteiger partial charge in [-0.3, -0.25) is 0 Å². The predicted octanol–water partition coefficient (Wildman–Crippen LogP) is 13.7. The average Bonchev–Trinajstić information content (AvgIpc) is 3.50. The number of hydrogen-bond acceptors (Lipinski definition) is 1. The van der Waals surface area contributed by atoms with Gasteiger partial charge in [-0.15, -0.1) is 11.3 Å². The number of benzene rings is 9. The monoisotopic (exact) mass is 612 g/mol. The van der Waals surface area contributed by atoms with E-state index < -0.39 is 0 Å². The molecule has 0 saturated heterocycles. The molecule has 0 nitrogen and oxygen atoms in total. The molecule has 0 aliphatic heterocycles. The van der Waals surface area contributed by atoms with Crippen LogP contribution in [0.5, 0.6) is 0 Å². The van der Waals surface area contributed by atoms with E-state index in [2.05, 4.69) is 170 Å². The van der Waals surface area contributed by atoms with Crippen LogP contribution < -0.4 is 0 Å². The van der Waals surface area contributed by atoms with Crippen molar-refractivity contribution in [1.82, 2.24) is 0 Å². The average molecular weight is 613 g/mol. The van der Waals surface area contributed by atoms with Crippen LogP contribution in [0.25, 0.3) is 96.6 Å². The van der Waals surface area contributed by atoms with Crippen LogP contribution in [0.1, 0.15) is 0 Å². The van der Waals surface area contributed by atoms with Gasteiger partial charge < -0.3 is 0 Å². The third kappa shape index (κ3) is 4.14. The Kier molecular flexibility index (Phi) is 5.85. The Hall–Kier alpha value is -5.76. The maximum Gasteiger partial charge on any atom is 0.0433 e. The van der Waals surface area contributed by atoms with E-state index in [-0.39, 0.29) is 0 Å². The van der Waals surface area contributed by atoms with Gasteiger partial charge in [0.05, 0.1) is 0 Å². The van der Waals surface area contributed by atoms with Gasteiger partial charge in [0.25, 0.3) is 0 Å². The molecule has 0 atom stereocenters. The second-order valence-electron chi connectivity index (χ2n) is 12.5. The normalized spacial score (nSPS) is 11.8. The molecule has 0 saturated carbocycles. The fourth-order valence-electron chi connectivity index (χ4n) is 7.62. The van der Waals surface area contributed by atoms with Crippen LogP contribution in [-0.4, -0.2) is 0 Å². The summed E-state index contributed by atoms with van der Waals surface area (Å²) >= 11 is 1.90. The summed E-state index contributed by atoms with van der Waals surface area (Å²) in [7, 11) is 0. The highest BCUT2D eigenvalue weighted by Crippen LogP contribution is 2.45. The van der Waals surface area contributed by atoms with Crippen LogP contribution in [0, 0.1) is 0 Å². The molecule has 1 heteroatoms. The van der Waals surface area contributed by atoms with E-state index in [0.717, 1.165) is 0 Å². The van der Waals surface area contributed by atoms with Gasteiger partial charge in [0.15, 0.2) is 0 Å². The van der Waals surface area contributed by atoms with E-state index in [1.54, 1.807) is 0 Å². The lowest BCUT2D eigenvalue weighted by Crippen LogP contribution is -1.91. The molecule has 0 spiro atoms. The molecule has 0 aliphatic rings. The third-order valence-electron chi connectivity index (χ3n) is 9.82. The molecule has 0 amide bonds. The van der Waals surface area contributed by atoms with E-state index in [1.807, 2.05) is 11.3 Å². The summed E-state index contributed by atoms with van der Waals surface area (Å²) in [6.07, 6.45) is 0. The largest absolute Gasteiger partial charge is 0.135 e. The van der Waals surface area contributed by atoms with Crippen molar-refractivity contribution in [3.8, 4) is 33.4 Å². The molecule has 1 heterocycles. The van der Waals surface area contributed by atoms with E-state index in [1.165, 1.54) is 96.6 Å². The first-order valence-electron chi connectivity index (χ1n) is 16.2. The van der Waals surface area contributed by atoms with Crippen molar-refractivity contribution in [2.24, 2.45) is 0 Å². The van der Waals surface area contributed by atoms with Crippen molar-refractivity contribution in [2.45, 2.75) is 0 Å². The smallest absolute Gasteiger partial charge is 0.0433 e. The minimum absolute atomic E-state index is 1.24. The van der Waals surface area contributed by atoms with Crippen molar-refractivity contribution in [1.29, 1.82) is 0 Å². The molecule has 10 aromatic rings. The van der Waals surface area contributed by atoms with Crippen LogP contribution in [0.3, 0.4) is 0 Å². The lowest BCUT2D eigenvalue weighted by molar-refractivity contribution is 1.64. The highest BCUT2D eigenvalue weighted by atomic mass is 32.1. The van der Waals surface area contributed by atoms with E-state index >= 15 is 0 Å². The lowest BCUT2D eigenvalue weighted by atomic mass is 9.85. The summed E-state index contributed by atoms with van der Waals surface area (Å²) in [6, 6.07) is 62.7. The first kappa shape index (κ1) is 26.5. The second-order valence-corrected chi connectivity index (χ2v) is 13.5. The van der Waals surface area contributed by atoms with Crippen LogP contribution in [-0.2, 0) is 0 Å². The van der Waals surface area contributed by atoms with Crippen LogP contribution in [0.2, 0.25) is 0 Å². The Morgan fingerprint density at radius 2 is 0.787 bits per heavy atom. The molecular weight excluding hydrogens is 585 g/mol. The Labute approximate surface area is 276 Å². The summed E-state index contributed by atoms with van der Waals surface area (Å²) in [5.74, 6) is 0. The molecule has 0 N–H and O–H groups in total. The van der Waals surface area contributed by atoms with E-state index in [0.29, 0.717) is 0 Å². The van der Waals surface area contributed by atoms with Crippen molar-refractivity contribution < 1.29 is 0 Å². The molecule has 1 aromatic heterocycles. The molecule has 218 valence electrons. The topological polar surface area (TPSA) is 0 Å². The Morgan fingerprint density at radius 1 is 0.298 bits per heavy atom. The third-order valence-corrected chi connectivity index (χ3v) is 11.0. The molecule has 0 radical (unpaired) electrons. The Morgan fingerprint density at radius 3 is 1.45 bits per heavy atom. The highest BCUT2D eigenvalue weighted by molar-refractivity contribution is 7.26. The van der Waals surface area contributed by atoms with Gasteiger partial charge in [-0.1, -0.05) is 152 Å². The maximum absolute atomic E-state index is 2.36. The molecule has 9 aromatic carbocycles. The molecule has 0 bridgehead atoms. The van der Waals surface area contributed by atoms with Gasteiger partial charge in [-0.05, 0) is 94.7 Å². The minimum Gasteiger partial charge on any atom is -0.135 e. The summed E-state index contributed by atoms with van der Waals surface area (Å²) < 4.78 is 2.69. The van der Waals surface area contributed by atoms with E-state index in [9.17, 15) is 0 Å². The number of thiophene rings is 1. The molecule has 47 heavy (non-hydrogen) atoms. The zero-order valence-electron chi connectivity index (χ0n) is 25.6. The minimum atomic E-state index is 1.24. The van der Waals surface area contributed by atoms with Gasteiger partial charge in [0, 0.05) is 20.2 Å². The molecule has 0 unspecified atom stereocenters. The first-order chi connectivity index (χ1) is 23.3. The summed E-state index contributed by atoms with van der Waals surface area (Å²) in [6.45, 7) is 0. The van der Waals surface area contributed by atoms with Crippen LogP contribution in [0.15, 0.2) is 170 Å². The van der Waals surface area contributed by atoms with Crippen molar-refractivity contribution in [3.63, 3.8) is 0 Å². The lowest BCUT2D eigenvalue weighted by Gasteiger charge is -2.18. The fourth-order valence-corrected chi connectivity index (χ4v) is 8.89. The zero-order chi connectivity index (χ0) is 30.9. The zero-order valence-corrected chi connectivity index (χ0v) is 26.4. The summed E-state index contributed by atoms with van der Waals surface area (Å²) in [4.78, 5) is 0. The SMILES string of the molecule is c1ccc2cc(-c3c4ccccc4c(-c4ccc(-c5cccc6c5sc5cc7ccccc7cc56)cc4)c4ccccc34)ccc2c1. The Balaban J connectivity index is 1.15. The Bertz CT molecular complexity index is 2780. The van der Waals surface area contributed by atoms with Crippen molar-refractivity contribution in [3.05, 3.63) is 170 Å². The number of rotatable bonds is 3. The van der Waals surface area contributed by atoms with E-state index in [4.69, 9.17) is 0 Å². The molecule has 0 fully saturated rings. The fraction of sp³-hybridized carbons (Fsp3) is 0. The standard InChI is InChI=1S/C46H28S/c1-2-11-32-26-35(25-20-29(32)10-1)45-39-16-7-5-14-37(39)44(38-15-6-8-17-40(38)45)31-23-21-30(22-24-31)36-18-9-19-41-42-27-33-12-3-4-13-34(33)28-43(42)47-46(36)41/h1-28H. The van der Waals surface area contributed by atoms with Crippen molar-refractivity contribution in [2.75, 3.05) is 0 Å². The number of fused-ring (bicyclic) bond motifs is 7. The summed E-state index contributed by atoms with van der Waals surface area (Å²) in [5, 5.41) is 12.9. The predicted molar refractivity (Wildman–Crippen MR) is 206 cm³/mol. The van der Waals surface area contributed by atoms with Gasteiger partial charge in [-0.25, -0.2) is 0 Å². The van der Waals surface area contributed by atoms with Crippen molar-refractivity contribution >= 4 is 74.6 Å². The van der Waals surface area contributed by atoms with Gasteiger partial charge in [0.2, 0.25) is 0 Å². The summed E-state index contributed by atoms with van der Waals surface area (Å²) in [5.41, 5.74) is 7.62. The highest BCUT2D eigenvalue weighted by Gasteiger charge is 2.17. The van der Waals surface area contributed by atoms with Gasteiger partial charge in [0.1, 0.15) is 0 Å². The molecular formula is C46H28S. The first-order valence-corrected chi connectivity index (χ1v) is 17.0.